The molecule has 13 rings (SSSR count). The summed E-state index contributed by atoms with van der Waals surface area (Å²) in [6.07, 6.45) is 0. The van der Waals surface area contributed by atoms with Gasteiger partial charge in [0.1, 0.15) is 0 Å². The molecule has 0 atom stereocenters. The van der Waals surface area contributed by atoms with Gasteiger partial charge in [-0.2, -0.15) is 0 Å². The van der Waals surface area contributed by atoms with Gasteiger partial charge in [-0.15, -0.1) is 0 Å². The van der Waals surface area contributed by atoms with E-state index in [2.05, 4.69) is 250 Å². The second-order valence-electron chi connectivity index (χ2n) is 23.8. The van der Waals surface area contributed by atoms with Gasteiger partial charge in [-0.25, -0.2) is 0 Å². The van der Waals surface area contributed by atoms with Crippen LogP contribution < -0.4 is 32.8 Å². The maximum absolute atomic E-state index is 2.68. The molecular formula is C68H62B2N2. The minimum atomic E-state index is -0.0743. The van der Waals surface area contributed by atoms with Crippen molar-refractivity contribution in [3.8, 4) is 33.6 Å². The van der Waals surface area contributed by atoms with Gasteiger partial charge in [-0.3, -0.25) is 0 Å². The van der Waals surface area contributed by atoms with Crippen LogP contribution in [0.5, 0.6) is 0 Å². The van der Waals surface area contributed by atoms with Crippen molar-refractivity contribution in [3.63, 3.8) is 0 Å². The summed E-state index contributed by atoms with van der Waals surface area (Å²) >= 11 is 0. The molecule has 0 N–H and O–H groups in total. The normalized spacial score (nSPS) is 13.2. The highest BCUT2D eigenvalue weighted by atomic mass is 15.0. The molecular weight excluding hydrogens is 866 g/mol. The number of rotatable bonds is 4. The molecule has 0 saturated carbocycles. The smallest absolute Gasteiger partial charge is 0.247 e. The molecule has 2 aliphatic rings. The van der Waals surface area contributed by atoms with E-state index in [1.165, 1.54) is 155 Å². The molecule has 0 aliphatic carbocycles. The summed E-state index contributed by atoms with van der Waals surface area (Å²) in [5.74, 6) is 0. The van der Waals surface area contributed by atoms with Crippen LogP contribution in [0.1, 0.15) is 86.1 Å². The van der Waals surface area contributed by atoms with E-state index in [9.17, 15) is 0 Å². The van der Waals surface area contributed by atoms with Gasteiger partial charge >= 0.3 is 0 Å². The van der Waals surface area contributed by atoms with Crippen molar-refractivity contribution < 1.29 is 0 Å². The standard InChI is InChI=1S/C68H62B2N2/c1-39-27-41(3)63(42(4)28-39)69-55-37-62-56(38-61(55)71-59-25-23-47(45-19-15-13-16-20-45)31-51(59)53-33-49(67(7,8)9)35-57(69)65(53)71)70(64-43(5)29-40(2)30-44(64)6)58-36-50(68(10,11)12)34-54-52-32-48(46-21-17-14-18-22-46)24-26-60(52)72(62)66(54)58/h13-38H,1-12H3. The second-order valence-corrected chi connectivity index (χ2v) is 23.8. The van der Waals surface area contributed by atoms with Gasteiger partial charge in [0.2, 0.25) is 13.4 Å². The highest BCUT2D eigenvalue weighted by Gasteiger charge is 2.42. The lowest BCUT2D eigenvalue weighted by molar-refractivity contribution is 0.591. The van der Waals surface area contributed by atoms with E-state index >= 15 is 0 Å². The third-order valence-corrected chi connectivity index (χ3v) is 16.7. The fourth-order valence-corrected chi connectivity index (χ4v) is 13.5. The van der Waals surface area contributed by atoms with Gasteiger partial charge in [0, 0.05) is 44.0 Å². The van der Waals surface area contributed by atoms with Gasteiger partial charge in [0.05, 0.1) is 11.0 Å². The van der Waals surface area contributed by atoms with Gasteiger partial charge in [-0.05, 0) is 156 Å². The summed E-state index contributed by atoms with van der Waals surface area (Å²) < 4.78 is 5.35. The van der Waals surface area contributed by atoms with Crippen molar-refractivity contribution in [2.24, 2.45) is 0 Å². The fraction of sp³-hybridized carbons (Fsp3) is 0.206. The molecule has 0 bridgehead atoms. The van der Waals surface area contributed by atoms with Crippen LogP contribution >= 0.6 is 0 Å². The third kappa shape index (κ3) is 6.57. The molecule has 72 heavy (non-hydrogen) atoms. The Kier molecular flexibility index (Phi) is 9.67. The Morgan fingerprint density at radius 1 is 0.333 bits per heavy atom. The molecule has 0 saturated heterocycles. The van der Waals surface area contributed by atoms with Crippen molar-refractivity contribution in [3.05, 3.63) is 202 Å². The van der Waals surface area contributed by atoms with E-state index in [1.54, 1.807) is 0 Å². The van der Waals surface area contributed by atoms with Crippen LogP contribution in [0, 0.1) is 41.5 Å². The summed E-state index contributed by atoms with van der Waals surface area (Å²) in [6.45, 7) is 28.2. The number of fused-ring (bicyclic) bond motifs is 10. The molecule has 0 spiro atoms. The topological polar surface area (TPSA) is 9.86 Å². The highest BCUT2D eigenvalue weighted by molar-refractivity contribution is 7.00. The summed E-state index contributed by atoms with van der Waals surface area (Å²) in [7, 11) is 0. The van der Waals surface area contributed by atoms with Crippen LogP contribution in [-0.2, 0) is 10.8 Å². The Labute approximate surface area is 426 Å². The SMILES string of the molecule is Cc1cc(C)c(B2c3cc4c(cc3-n3c5ccc(-c6ccccc6)cc5c5cc(C(C)(C)C)cc2c53)B(c2c(C)cc(C)cc2C)c2cc(C(C)(C)C)cc3c5cc(-c6ccccc6)ccc5n-4c23)c(C)c1. The number of hydrogen-bond donors (Lipinski definition) is 0. The van der Waals surface area contributed by atoms with E-state index in [4.69, 9.17) is 0 Å². The first-order valence-electron chi connectivity index (χ1n) is 26.1. The average Bonchev–Trinajstić information content (AvgIpc) is 3.85. The van der Waals surface area contributed by atoms with E-state index in [-0.39, 0.29) is 24.3 Å². The average molecular weight is 929 g/mol. The summed E-state index contributed by atoms with van der Waals surface area (Å²) in [5.41, 5.74) is 31.6. The first-order chi connectivity index (χ1) is 34.4. The van der Waals surface area contributed by atoms with E-state index in [0.717, 1.165) is 0 Å². The minimum Gasteiger partial charge on any atom is -0.310 e. The summed E-state index contributed by atoms with van der Waals surface area (Å²) in [5, 5.41) is 5.26. The lowest BCUT2D eigenvalue weighted by Crippen LogP contribution is -2.61. The first-order valence-corrected chi connectivity index (χ1v) is 26.1. The fourth-order valence-electron chi connectivity index (χ4n) is 13.5. The van der Waals surface area contributed by atoms with E-state index in [1.807, 2.05) is 0 Å². The number of aromatic nitrogens is 2. The quantitative estimate of drug-likeness (QED) is 0.156. The zero-order valence-electron chi connectivity index (χ0n) is 44.1. The minimum absolute atomic E-state index is 0.00549. The van der Waals surface area contributed by atoms with Crippen molar-refractivity contribution >= 4 is 89.8 Å². The van der Waals surface area contributed by atoms with E-state index in [0.29, 0.717) is 0 Å². The maximum Gasteiger partial charge on any atom is 0.247 e. The van der Waals surface area contributed by atoms with Gasteiger partial charge < -0.3 is 9.13 Å². The molecule has 350 valence electrons. The number of benzene rings is 9. The first kappa shape index (κ1) is 44.6. The molecule has 0 radical (unpaired) electrons. The predicted octanol–water partition coefficient (Wildman–Crippen LogP) is 13.3. The number of hydrogen-bond acceptors (Lipinski definition) is 0. The molecule has 2 aromatic heterocycles. The van der Waals surface area contributed by atoms with Crippen LogP contribution in [-0.4, -0.2) is 22.6 Å². The molecule has 0 amide bonds. The Balaban J connectivity index is 1.23. The second kappa shape index (κ2) is 15.6. The van der Waals surface area contributed by atoms with Crippen LogP contribution in [0.3, 0.4) is 0 Å². The zero-order valence-corrected chi connectivity index (χ0v) is 44.1. The van der Waals surface area contributed by atoms with Crippen LogP contribution in [0.25, 0.3) is 77.2 Å². The van der Waals surface area contributed by atoms with Gasteiger partial charge in [-0.1, -0.05) is 195 Å². The van der Waals surface area contributed by atoms with Crippen LogP contribution in [0.4, 0.5) is 0 Å². The molecule has 0 unspecified atom stereocenters. The monoisotopic (exact) mass is 929 g/mol. The van der Waals surface area contributed by atoms with Crippen molar-refractivity contribution in [2.75, 3.05) is 0 Å². The van der Waals surface area contributed by atoms with Crippen molar-refractivity contribution in [2.45, 2.75) is 93.9 Å². The Hall–Kier alpha value is -7.29. The predicted molar refractivity (Wildman–Crippen MR) is 314 cm³/mol. The summed E-state index contributed by atoms with van der Waals surface area (Å²) in [4.78, 5) is 0. The molecule has 2 aliphatic heterocycles. The molecule has 4 heteroatoms. The summed E-state index contributed by atoms with van der Waals surface area (Å²) in [6, 6.07) is 61.5. The maximum atomic E-state index is 2.68. The molecule has 0 fully saturated rings. The molecule has 2 nitrogen and oxygen atoms in total. The molecule has 4 heterocycles. The number of nitrogens with zero attached hydrogens (tertiary/aromatic N) is 2. The van der Waals surface area contributed by atoms with E-state index < -0.39 is 0 Å². The molecule has 9 aromatic carbocycles. The zero-order chi connectivity index (χ0) is 49.9. The lowest BCUT2D eigenvalue weighted by atomic mass is 9.31. The van der Waals surface area contributed by atoms with Crippen molar-refractivity contribution in [1.29, 1.82) is 0 Å². The number of aryl methyl sites for hydroxylation is 6. The Morgan fingerprint density at radius 3 is 1.04 bits per heavy atom. The van der Waals surface area contributed by atoms with Crippen LogP contribution in [0.2, 0.25) is 0 Å². The van der Waals surface area contributed by atoms with Gasteiger partial charge in [0.25, 0.3) is 0 Å². The highest BCUT2D eigenvalue weighted by Crippen LogP contribution is 2.42. The lowest BCUT2D eigenvalue weighted by Gasteiger charge is -2.35. The molecule has 11 aromatic rings. The van der Waals surface area contributed by atoms with Crippen LogP contribution in [0.15, 0.2) is 158 Å². The Bertz CT molecular complexity index is 3800. The van der Waals surface area contributed by atoms with Crippen molar-refractivity contribution in [1.82, 2.24) is 9.13 Å². The largest absolute Gasteiger partial charge is 0.310 e. The van der Waals surface area contributed by atoms with Gasteiger partial charge in [0.15, 0.2) is 0 Å². The third-order valence-electron chi connectivity index (χ3n) is 16.7. The Morgan fingerprint density at radius 2 is 0.694 bits per heavy atom.